The fraction of sp³-hybridized carbons (Fsp3) is 0.368. The number of benzene rings is 1. The summed E-state index contributed by atoms with van der Waals surface area (Å²) in [5, 5.41) is 5.91. The Hall–Kier alpha value is -2.96. The van der Waals surface area contributed by atoms with Gasteiger partial charge >= 0.3 is 6.03 Å². The zero-order valence-corrected chi connectivity index (χ0v) is 15.1. The van der Waals surface area contributed by atoms with E-state index in [4.69, 9.17) is 9.47 Å². The standard InChI is InChI=1S/C19H24N4O3/c1-25-16-7-6-14(11-17(16)26-2)12-21-19(24)22-15-8-10-23(13-15)18-5-3-4-9-20-18/h3-7,9,11,15H,8,10,12-13H2,1-2H3,(H2,21,22,24)/t15-/m1/s1. The molecule has 0 aliphatic carbocycles. The lowest BCUT2D eigenvalue weighted by Gasteiger charge is -2.18. The lowest BCUT2D eigenvalue weighted by Crippen LogP contribution is -2.43. The molecule has 2 heterocycles. The number of anilines is 1. The van der Waals surface area contributed by atoms with Gasteiger partial charge in [0, 0.05) is 31.9 Å². The van der Waals surface area contributed by atoms with E-state index in [0.29, 0.717) is 18.0 Å². The summed E-state index contributed by atoms with van der Waals surface area (Å²) in [5.74, 6) is 2.26. The second-order valence-electron chi connectivity index (χ2n) is 6.14. The summed E-state index contributed by atoms with van der Waals surface area (Å²) in [6.07, 6.45) is 2.69. The van der Waals surface area contributed by atoms with Crippen molar-refractivity contribution in [3.63, 3.8) is 0 Å². The molecule has 0 unspecified atom stereocenters. The van der Waals surface area contributed by atoms with Crippen molar-refractivity contribution in [1.82, 2.24) is 15.6 Å². The Labute approximate surface area is 153 Å². The van der Waals surface area contributed by atoms with E-state index in [2.05, 4.69) is 20.5 Å². The molecule has 7 heteroatoms. The van der Waals surface area contributed by atoms with Gasteiger partial charge in [-0.15, -0.1) is 0 Å². The quantitative estimate of drug-likeness (QED) is 0.830. The average Bonchev–Trinajstić information content (AvgIpc) is 3.15. The van der Waals surface area contributed by atoms with Crippen LogP contribution in [0.25, 0.3) is 0 Å². The van der Waals surface area contributed by atoms with Crippen LogP contribution < -0.4 is 25.0 Å². The van der Waals surface area contributed by atoms with Gasteiger partial charge in [-0.25, -0.2) is 9.78 Å². The van der Waals surface area contributed by atoms with E-state index >= 15 is 0 Å². The first kappa shape index (κ1) is 17.8. The Morgan fingerprint density at radius 2 is 2.08 bits per heavy atom. The van der Waals surface area contributed by atoms with E-state index in [1.165, 1.54) is 0 Å². The van der Waals surface area contributed by atoms with Gasteiger partial charge < -0.3 is 25.0 Å². The minimum Gasteiger partial charge on any atom is -0.493 e. The lowest BCUT2D eigenvalue weighted by molar-refractivity contribution is 0.237. The van der Waals surface area contributed by atoms with E-state index in [0.717, 1.165) is 30.9 Å². The van der Waals surface area contributed by atoms with Gasteiger partial charge in [0.15, 0.2) is 11.5 Å². The number of rotatable bonds is 6. The Bertz CT molecular complexity index is 739. The monoisotopic (exact) mass is 356 g/mol. The molecule has 0 radical (unpaired) electrons. The maximum atomic E-state index is 12.2. The molecule has 0 bridgehead atoms. The van der Waals surface area contributed by atoms with Crippen molar-refractivity contribution >= 4 is 11.8 Å². The molecule has 1 aliphatic rings. The normalized spacial score (nSPS) is 16.2. The van der Waals surface area contributed by atoms with Crippen molar-refractivity contribution in [2.45, 2.75) is 19.0 Å². The largest absolute Gasteiger partial charge is 0.493 e. The molecule has 2 amide bonds. The number of pyridine rings is 1. The summed E-state index contributed by atoms with van der Waals surface area (Å²) in [5.41, 5.74) is 0.944. The van der Waals surface area contributed by atoms with Crippen LogP contribution in [0.4, 0.5) is 10.6 Å². The van der Waals surface area contributed by atoms with Gasteiger partial charge in [-0.2, -0.15) is 0 Å². The van der Waals surface area contributed by atoms with E-state index in [9.17, 15) is 4.79 Å². The van der Waals surface area contributed by atoms with Crippen LogP contribution in [0.15, 0.2) is 42.6 Å². The summed E-state index contributed by atoms with van der Waals surface area (Å²) in [6.45, 7) is 2.07. The Kier molecular flexibility index (Phi) is 5.78. The first-order valence-electron chi connectivity index (χ1n) is 8.61. The Morgan fingerprint density at radius 3 is 2.81 bits per heavy atom. The van der Waals surface area contributed by atoms with E-state index in [1.54, 1.807) is 20.4 Å². The summed E-state index contributed by atoms with van der Waals surface area (Å²) in [7, 11) is 3.19. The first-order valence-corrected chi connectivity index (χ1v) is 8.61. The van der Waals surface area contributed by atoms with Gasteiger partial charge in [0.25, 0.3) is 0 Å². The molecule has 26 heavy (non-hydrogen) atoms. The number of methoxy groups -OCH3 is 2. The third kappa shape index (κ3) is 4.36. The smallest absolute Gasteiger partial charge is 0.315 e. The van der Waals surface area contributed by atoms with Crippen LogP contribution in [-0.2, 0) is 6.54 Å². The van der Waals surface area contributed by atoms with E-state index < -0.39 is 0 Å². The number of hydrogen-bond donors (Lipinski definition) is 2. The number of amides is 2. The number of carbonyl (C=O) groups is 1. The second kappa shape index (κ2) is 8.42. The third-order valence-corrected chi connectivity index (χ3v) is 4.40. The van der Waals surface area contributed by atoms with Gasteiger partial charge in [0.1, 0.15) is 5.82 Å². The number of nitrogens with one attached hydrogen (secondary N) is 2. The van der Waals surface area contributed by atoms with Crippen molar-refractivity contribution in [3.05, 3.63) is 48.2 Å². The van der Waals surface area contributed by atoms with E-state index in [1.807, 2.05) is 36.4 Å². The molecule has 1 atom stereocenters. The molecular weight excluding hydrogens is 332 g/mol. The lowest BCUT2D eigenvalue weighted by atomic mass is 10.2. The molecule has 0 saturated carbocycles. The van der Waals surface area contributed by atoms with Gasteiger partial charge in [-0.1, -0.05) is 12.1 Å². The molecule has 1 saturated heterocycles. The molecule has 1 fully saturated rings. The number of carbonyl (C=O) groups excluding carboxylic acids is 1. The van der Waals surface area contributed by atoms with Crippen LogP contribution >= 0.6 is 0 Å². The molecule has 1 aliphatic heterocycles. The van der Waals surface area contributed by atoms with Crippen LogP contribution in [-0.4, -0.2) is 44.4 Å². The number of aromatic nitrogens is 1. The van der Waals surface area contributed by atoms with Gasteiger partial charge in [-0.05, 0) is 36.2 Å². The average molecular weight is 356 g/mol. The summed E-state index contributed by atoms with van der Waals surface area (Å²) < 4.78 is 10.5. The summed E-state index contributed by atoms with van der Waals surface area (Å²) in [6, 6.07) is 11.4. The van der Waals surface area contributed by atoms with Crippen molar-refractivity contribution in [3.8, 4) is 11.5 Å². The maximum Gasteiger partial charge on any atom is 0.315 e. The van der Waals surface area contributed by atoms with Crippen molar-refractivity contribution in [2.75, 3.05) is 32.2 Å². The van der Waals surface area contributed by atoms with Gasteiger partial charge in [-0.3, -0.25) is 0 Å². The van der Waals surface area contributed by atoms with Crippen LogP contribution in [0.1, 0.15) is 12.0 Å². The maximum absolute atomic E-state index is 12.2. The molecule has 0 spiro atoms. The predicted molar refractivity (Wildman–Crippen MR) is 99.8 cm³/mol. The second-order valence-corrected chi connectivity index (χ2v) is 6.14. The third-order valence-electron chi connectivity index (χ3n) is 4.40. The van der Waals surface area contributed by atoms with E-state index in [-0.39, 0.29) is 12.1 Å². The topological polar surface area (TPSA) is 75.7 Å². The molecule has 2 N–H and O–H groups in total. The van der Waals surface area contributed by atoms with Crippen LogP contribution in [0, 0.1) is 0 Å². The van der Waals surface area contributed by atoms with Crippen LogP contribution in [0.5, 0.6) is 11.5 Å². The fourth-order valence-electron chi connectivity index (χ4n) is 3.04. The number of urea groups is 1. The van der Waals surface area contributed by atoms with Gasteiger partial charge in [0.2, 0.25) is 0 Å². The van der Waals surface area contributed by atoms with Crippen LogP contribution in [0.3, 0.4) is 0 Å². The predicted octanol–water partition coefficient (Wildman–Crippen LogP) is 2.18. The van der Waals surface area contributed by atoms with Gasteiger partial charge in [0.05, 0.1) is 14.2 Å². The molecule has 7 nitrogen and oxygen atoms in total. The zero-order chi connectivity index (χ0) is 18.4. The molecule has 138 valence electrons. The SMILES string of the molecule is COc1ccc(CNC(=O)N[C@@H]2CCN(c3ccccn3)C2)cc1OC. The molecule has 2 aromatic rings. The highest BCUT2D eigenvalue weighted by atomic mass is 16.5. The highest BCUT2D eigenvalue weighted by molar-refractivity contribution is 5.74. The highest BCUT2D eigenvalue weighted by Crippen LogP contribution is 2.27. The molecule has 3 rings (SSSR count). The molecule has 1 aromatic heterocycles. The van der Waals surface area contributed by atoms with Crippen LogP contribution in [0.2, 0.25) is 0 Å². The van der Waals surface area contributed by atoms with Crippen molar-refractivity contribution < 1.29 is 14.3 Å². The molecule has 1 aromatic carbocycles. The minimum atomic E-state index is -0.173. The van der Waals surface area contributed by atoms with Crippen molar-refractivity contribution in [1.29, 1.82) is 0 Å². The number of hydrogen-bond acceptors (Lipinski definition) is 5. The molecular formula is C19H24N4O3. The summed E-state index contributed by atoms with van der Waals surface area (Å²) in [4.78, 5) is 18.7. The minimum absolute atomic E-state index is 0.113. The summed E-state index contributed by atoms with van der Waals surface area (Å²) >= 11 is 0. The fourth-order valence-corrected chi connectivity index (χ4v) is 3.04. The Morgan fingerprint density at radius 1 is 1.23 bits per heavy atom. The number of ether oxygens (including phenoxy) is 2. The highest BCUT2D eigenvalue weighted by Gasteiger charge is 2.24. The first-order chi connectivity index (χ1) is 12.7. The zero-order valence-electron chi connectivity index (χ0n) is 15.1. The Balaban J connectivity index is 1.48. The van der Waals surface area contributed by atoms with Crippen molar-refractivity contribution in [2.24, 2.45) is 0 Å². The number of nitrogens with zero attached hydrogens (tertiary/aromatic N) is 2.